The van der Waals surface area contributed by atoms with Crippen molar-refractivity contribution in [1.82, 2.24) is 5.32 Å². The Hall–Kier alpha value is 0.490. The van der Waals surface area contributed by atoms with Gasteiger partial charge in [-0.15, -0.1) is 0 Å². The highest BCUT2D eigenvalue weighted by atomic mass is 36.0. The molecular formula is C2H7Cl2NO2S. The summed E-state index contributed by atoms with van der Waals surface area (Å²) >= 11 is 0. The summed E-state index contributed by atoms with van der Waals surface area (Å²) in [5.41, 5.74) is 0. The molecule has 0 radical (unpaired) electrons. The van der Waals surface area contributed by atoms with Gasteiger partial charge < -0.3 is 5.32 Å². The fourth-order valence-corrected chi connectivity index (χ4v) is 0. The highest BCUT2D eigenvalue weighted by molar-refractivity contribution is 8.31. The lowest BCUT2D eigenvalue weighted by Crippen LogP contribution is -1.89. The average Bonchev–Trinajstić information content (AvgIpc) is 1.27. The van der Waals surface area contributed by atoms with Crippen molar-refractivity contribution in [2.75, 3.05) is 14.1 Å². The third-order valence-corrected chi connectivity index (χ3v) is 0. The summed E-state index contributed by atoms with van der Waals surface area (Å²) in [6.07, 6.45) is 0. The van der Waals surface area contributed by atoms with Crippen LogP contribution >= 0.6 is 21.4 Å². The van der Waals surface area contributed by atoms with Crippen LogP contribution in [0.5, 0.6) is 0 Å². The van der Waals surface area contributed by atoms with Crippen LogP contribution in [0.25, 0.3) is 0 Å². The maximum absolute atomic E-state index is 9.16. The molecule has 0 aromatic carbocycles. The standard InChI is InChI=1S/C2H7N.Cl2O2S/c1-3-2;1-5(2,3)4/h3H,1-2H3;. The summed E-state index contributed by atoms with van der Waals surface area (Å²) in [5.74, 6) is 0. The molecule has 0 bridgehead atoms. The second-order valence-corrected chi connectivity index (χ2v) is 4.55. The van der Waals surface area contributed by atoms with Crippen molar-refractivity contribution in [3.8, 4) is 0 Å². The van der Waals surface area contributed by atoms with E-state index in [1.807, 2.05) is 14.1 Å². The van der Waals surface area contributed by atoms with Crippen LogP contribution in [0, 0.1) is 0 Å². The van der Waals surface area contributed by atoms with Gasteiger partial charge in [-0.3, -0.25) is 0 Å². The first kappa shape index (κ1) is 11.3. The lowest BCUT2D eigenvalue weighted by molar-refractivity contribution is 0.621. The van der Waals surface area contributed by atoms with Crippen LogP contribution in [0.4, 0.5) is 0 Å². The van der Waals surface area contributed by atoms with Crippen LogP contribution in [0.1, 0.15) is 0 Å². The molecular weight excluding hydrogens is 173 g/mol. The van der Waals surface area contributed by atoms with Gasteiger partial charge in [0.05, 0.1) is 0 Å². The van der Waals surface area contributed by atoms with Crippen LogP contribution in [0.2, 0.25) is 0 Å². The number of hydrogen-bond donors (Lipinski definition) is 1. The van der Waals surface area contributed by atoms with E-state index in [0.29, 0.717) is 0 Å². The molecule has 8 heavy (non-hydrogen) atoms. The molecule has 1 N–H and O–H groups in total. The minimum Gasteiger partial charge on any atom is -0.323 e. The van der Waals surface area contributed by atoms with Gasteiger partial charge in [0.2, 0.25) is 0 Å². The van der Waals surface area contributed by atoms with Crippen LogP contribution in [-0.4, -0.2) is 22.5 Å². The van der Waals surface area contributed by atoms with E-state index in [9.17, 15) is 0 Å². The molecule has 6 heteroatoms. The first-order valence-corrected chi connectivity index (χ1v) is 4.78. The Morgan fingerprint density at radius 3 is 1.25 bits per heavy atom. The maximum Gasteiger partial charge on any atom is 0.317 e. The minimum atomic E-state index is -3.72. The van der Waals surface area contributed by atoms with Gasteiger partial charge in [0.15, 0.2) is 0 Å². The monoisotopic (exact) mass is 179 g/mol. The maximum atomic E-state index is 9.16. The zero-order valence-electron chi connectivity index (χ0n) is 4.48. The summed E-state index contributed by atoms with van der Waals surface area (Å²) in [5, 5.41) is 2.75. The predicted molar refractivity (Wildman–Crippen MR) is 35.6 cm³/mol. The third kappa shape index (κ3) is 815. The van der Waals surface area contributed by atoms with Gasteiger partial charge in [0, 0.05) is 21.4 Å². The molecule has 0 aliphatic rings. The number of nitrogens with one attached hydrogen (secondary N) is 1. The molecule has 0 unspecified atom stereocenters. The van der Waals surface area contributed by atoms with E-state index in [2.05, 4.69) is 26.7 Å². The molecule has 0 spiro atoms. The largest absolute Gasteiger partial charge is 0.323 e. The zero-order chi connectivity index (χ0) is 7.21. The lowest BCUT2D eigenvalue weighted by Gasteiger charge is -1.61. The van der Waals surface area contributed by atoms with Gasteiger partial charge in [-0.25, -0.2) is 0 Å². The SMILES string of the molecule is CNC.O=S(=O)(Cl)Cl. The quantitative estimate of drug-likeness (QED) is 0.553. The molecule has 0 fully saturated rings. The Balaban J connectivity index is 0. The zero-order valence-corrected chi connectivity index (χ0v) is 6.81. The van der Waals surface area contributed by atoms with E-state index >= 15 is 0 Å². The highest BCUT2D eigenvalue weighted by Gasteiger charge is 1.88. The molecule has 52 valence electrons. The first-order chi connectivity index (χ1) is 3.41. The Bertz CT molecular complexity index is 112. The fraction of sp³-hybridized carbons (Fsp3) is 1.00. The summed E-state index contributed by atoms with van der Waals surface area (Å²) in [6.45, 7) is 0. The van der Waals surface area contributed by atoms with E-state index in [4.69, 9.17) is 8.42 Å². The molecule has 0 atom stereocenters. The molecule has 0 heterocycles. The minimum absolute atomic E-state index is 1.88. The molecule has 0 saturated heterocycles. The van der Waals surface area contributed by atoms with Crippen molar-refractivity contribution >= 4 is 29.6 Å². The van der Waals surface area contributed by atoms with Crippen LogP contribution < -0.4 is 5.32 Å². The van der Waals surface area contributed by atoms with Gasteiger partial charge in [-0.05, 0) is 14.1 Å². The second-order valence-electron chi connectivity index (χ2n) is 0.878. The van der Waals surface area contributed by atoms with E-state index in [1.165, 1.54) is 0 Å². The van der Waals surface area contributed by atoms with Crippen LogP contribution in [-0.2, 0) is 8.26 Å². The summed E-state index contributed by atoms with van der Waals surface area (Å²) in [7, 11) is 8.56. The number of halogens is 2. The van der Waals surface area contributed by atoms with E-state index in [1.54, 1.807) is 0 Å². The van der Waals surface area contributed by atoms with Crippen LogP contribution in [0.3, 0.4) is 0 Å². The van der Waals surface area contributed by atoms with Crippen molar-refractivity contribution in [3.05, 3.63) is 0 Å². The molecule has 0 aliphatic carbocycles. The summed E-state index contributed by atoms with van der Waals surface area (Å²) in [4.78, 5) is 0. The fourth-order valence-electron chi connectivity index (χ4n) is 0. The summed E-state index contributed by atoms with van der Waals surface area (Å²) < 4.78 is 18.3. The van der Waals surface area contributed by atoms with Crippen molar-refractivity contribution in [1.29, 1.82) is 0 Å². The molecule has 0 rings (SSSR count). The van der Waals surface area contributed by atoms with Crippen molar-refractivity contribution < 1.29 is 8.42 Å². The number of rotatable bonds is 0. The van der Waals surface area contributed by atoms with E-state index in [0.717, 1.165) is 0 Å². The molecule has 0 aromatic heterocycles. The smallest absolute Gasteiger partial charge is 0.317 e. The Morgan fingerprint density at radius 1 is 1.25 bits per heavy atom. The van der Waals surface area contributed by atoms with Gasteiger partial charge in [-0.1, -0.05) is 0 Å². The first-order valence-electron chi connectivity index (χ1n) is 1.64. The second kappa shape index (κ2) is 5.62. The van der Waals surface area contributed by atoms with Crippen molar-refractivity contribution in [2.24, 2.45) is 0 Å². The Morgan fingerprint density at radius 2 is 1.25 bits per heavy atom. The highest BCUT2D eigenvalue weighted by Crippen LogP contribution is 1.98. The van der Waals surface area contributed by atoms with Crippen molar-refractivity contribution in [3.63, 3.8) is 0 Å². The molecule has 3 nitrogen and oxygen atoms in total. The molecule has 0 aliphatic heterocycles. The van der Waals surface area contributed by atoms with Gasteiger partial charge in [-0.2, -0.15) is 8.42 Å². The molecule has 0 amide bonds. The van der Waals surface area contributed by atoms with Gasteiger partial charge in [0.1, 0.15) is 0 Å². The third-order valence-electron chi connectivity index (χ3n) is 0. The van der Waals surface area contributed by atoms with Gasteiger partial charge >= 0.3 is 8.26 Å². The van der Waals surface area contributed by atoms with Crippen molar-refractivity contribution in [2.45, 2.75) is 0 Å². The Kier molecular flexibility index (Phi) is 7.95. The molecule has 0 aromatic rings. The number of hydrogen-bond acceptors (Lipinski definition) is 3. The lowest BCUT2D eigenvalue weighted by atomic mass is 11.3. The molecule has 0 saturated carbocycles. The topological polar surface area (TPSA) is 46.2 Å². The van der Waals surface area contributed by atoms with E-state index < -0.39 is 8.26 Å². The normalized spacial score (nSPS) is 9.50. The Labute approximate surface area is 57.9 Å². The average molecular weight is 180 g/mol. The van der Waals surface area contributed by atoms with Crippen LogP contribution in [0.15, 0.2) is 0 Å². The van der Waals surface area contributed by atoms with E-state index in [-0.39, 0.29) is 0 Å². The summed E-state index contributed by atoms with van der Waals surface area (Å²) in [6, 6.07) is 0. The van der Waals surface area contributed by atoms with Gasteiger partial charge in [0.25, 0.3) is 0 Å². The predicted octanol–water partition coefficient (Wildman–Crippen LogP) is 0.544.